The first-order valence-corrected chi connectivity index (χ1v) is 7.60. The van der Waals surface area contributed by atoms with E-state index in [1.54, 1.807) is 11.8 Å². The van der Waals surface area contributed by atoms with Crippen molar-refractivity contribution in [2.75, 3.05) is 7.05 Å². The predicted octanol–water partition coefficient (Wildman–Crippen LogP) is 4.13. The van der Waals surface area contributed by atoms with Gasteiger partial charge in [0.25, 0.3) is 0 Å². The number of nitrogens with one attached hydrogen (secondary N) is 1. The van der Waals surface area contributed by atoms with Gasteiger partial charge < -0.3 is 5.32 Å². The summed E-state index contributed by atoms with van der Waals surface area (Å²) in [7, 11) is 1.97. The van der Waals surface area contributed by atoms with Gasteiger partial charge in [0, 0.05) is 16.7 Å². The molecule has 0 fully saturated rings. The molecule has 0 spiro atoms. The number of hydrogen-bond acceptors (Lipinski definition) is 3. The third-order valence-electron chi connectivity index (χ3n) is 3.25. The van der Waals surface area contributed by atoms with Gasteiger partial charge in [-0.15, -0.1) is 11.8 Å². The van der Waals surface area contributed by atoms with Crippen molar-refractivity contribution in [3.8, 4) is 6.07 Å². The Kier molecular flexibility index (Phi) is 5.23. The molecule has 0 aliphatic carbocycles. The Hall–Kier alpha value is -1.76. The molecule has 0 bridgehead atoms. The van der Waals surface area contributed by atoms with Crippen LogP contribution in [0.25, 0.3) is 0 Å². The number of nitriles is 1. The molecular weight excluding hydrogens is 264 g/mol. The molecule has 0 heterocycles. The molecule has 0 saturated carbocycles. The van der Waals surface area contributed by atoms with Crippen LogP contribution in [0.3, 0.4) is 0 Å². The summed E-state index contributed by atoms with van der Waals surface area (Å²) in [6.07, 6.45) is 0. The number of nitrogens with zero attached hydrogens (tertiary/aromatic N) is 1. The average Bonchev–Trinajstić information content (AvgIpc) is 2.52. The van der Waals surface area contributed by atoms with Gasteiger partial charge in [0.2, 0.25) is 0 Å². The Morgan fingerprint density at radius 2 is 2.00 bits per heavy atom. The highest BCUT2D eigenvalue weighted by Gasteiger charge is 2.04. The van der Waals surface area contributed by atoms with E-state index in [-0.39, 0.29) is 0 Å². The quantitative estimate of drug-likeness (QED) is 0.838. The maximum atomic E-state index is 8.91. The molecule has 20 heavy (non-hydrogen) atoms. The second-order valence-electron chi connectivity index (χ2n) is 4.68. The summed E-state index contributed by atoms with van der Waals surface area (Å²) < 4.78 is 0. The molecule has 102 valence electrons. The summed E-state index contributed by atoms with van der Waals surface area (Å²) in [6.45, 7) is 2.15. The van der Waals surface area contributed by atoms with Crippen LogP contribution in [0.15, 0.2) is 53.4 Å². The van der Waals surface area contributed by atoms with Crippen molar-refractivity contribution >= 4 is 11.8 Å². The average molecular weight is 282 g/mol. The number of rotatable bonds is 5. The molecular formula is C17H18N2S. The smallest absolute Gasteiger partial charge is 0.0991 e. The summed E-state index contributed by atoms with van der Waals surface area (Å²) in [5, 5.41) is 12.2. The van der Waals surface area contributed by atoms with E-state index in [1.807, 2.05) is 25.2 Å². The minimum atomic E-state index is 0.359. The summed E-state index contributed by atoms with van der Waals surface area (Å²) in [4.78, 5) is 1.26. The predicted molar refractivity (Wildman–Crippen MR) is 84.6 cm³/mol. The van der Waals surface area contributed by atoms with E-state index in [0.717, 1.165) is 11.3 Å². The molecule has 2 aromatic rings. The lowest BCUT2D eigenvalue weighted by molar-refractivity contribution is 0.651. The van der Waals surface area contributed by atoms with E-state index in [0.29, 0.717) is 6.04 Å². The lowest BCUT2D eigenvalue weighted by Crippen LogP contribution is -2.11. The molecule has 2 aromatic carbocycles. The van der Waals surface area contributed by atoms with Gasteiger partial charge in [0.1, 0.15) is 0 Å². The lowest BCUT2D eigenvalue weighted by Gasteiger charge is -2.11. The molecule has 0 aliphatic heterocycles. The van der Waals surface area contributed by atoms with Gasteiger partial charge >= 0.3 is 0 Å². The molecule has 1 N–H and O–H groups in total. The fraction of sp³-hybridized carbons (Fsp3) is 0.235. The van der Waals surface area contributed by atoms with Gasteiger partial charge in [0.15, 0.2) is 0 Å². The van der Waals surface area contributed by atoms with Crippen molar-refractivity contribution in [1.82, 2.24) is 5.32 Å². The van der Waals surface area contributed by atoms with Gasteiger partial charge in [-0.1, -0.05) is 24.3 Å². The van der Waals surface area contributed by atoms with Crippen LogP contribution >= 0.6 is 11.8 Å². The largest absolute Gasteiger partial charge is 0.313 e. The van der Waals surface area contributed by atoms with Crippen LogP contribution in [0, 0.1) is 11.3 Å². The minimum absolute atomic E-state index is 0.359. The van der Waals surface area contributed by atoms with Crippen molar-refractivity contribution in [2.45, 2.75) is 23.6 Å². The first-order valence-electron chi connectivity index (χ1n) is 6.62. The summed E-state index contributed by atoms with van der Waals surface area (Å²) in [5.74, 6) is 0.882. The van der Waals surface area contributed by atoms with Gasteiger partial charge in [-0.05, 0) is 49.4 Å². The Labute approximate surface area is 124 Å². The molecule has 2 rings (SSSR count). The molecule has 0 radical (unpaired) electrons. The van der Waals surface area contributed by atoms with Crippen molar-refractivity contribution < 1.29 is 0 Å². The van der Waals surface area contributed by atoms with Gasteiger partial charge in [-0.2, -0.15) is 5.26 Å². The highest BCUT2D eigenvalue weighted by Crippen LogP contribution is 2.25. The van der Waals surface area contributed by atoms with Crippen LogP contribution in [-0.2, 0) is 5.75 Å². The zero-order valence-corrected chi connectivity index (χ0v) is 12.6. The maximum absolute atomic E-state index is 8.91. The zero-order chi connectivity index (χ0) is 14.4. The maximum Gasteiger partial charge on any atom is 0.0991 e. The van der Waals surface area contributed by atoms with Crippen LogP contribution in [0.5, 0.6) is 0 Å². The summed E-state index contributed by atoms with van der Waals surface area (Å²) in [5.41, 5.74) is 3.20. The summed E-state index contributed by atoms with van der Waals surface area (Å²) >= 11 is 1.80. The standard InChI is InChI=1S/C17H18N2S/c1-13(19-2)16-7-4-8-17(10-16)20-12-15-6-3-5-14(9-15)11-18/h3-10,13,19H,12H2,1-2H3. The van der Waals surface area contributed by atoms with Crippen molar-refractivity contribution in [3.63, 3.8) is 0 Å². The minimum Gasteiger partial charge on any atom is -0.313 e. The fourth-order valence-corrected chi connectivity index (χ4v) is 2.84. The normalized spacial score (nSPS) is 11.8. The molecule has 0 saturated heterocycles. The monoisotopic (exact) mass is 282 g/mol. The van der Waals surface area contributed by atoms with Crippen LogP contribution in [0.1, 0.15) is 29.7 Å². The van der Waals surface area contributed by atoms with Gasteiger partial charge in [-0.25, -0.2) is 0 Å². The van der Waals surface area contributed by atoms with E-state index >= 15 is 0 Å². The second kappa shape index (κ2) is 7.14. The van der Waals surface area contributed by atoms with Gasteiger partial charge in [0.05, 0.1) is 11.6 Å². The first-order chi connectivity index (χ1) is 9.72. The summed E-state index contributed by atoms with van der Waals surface area (Å²) in [6, 6.07) is 18.9. The Balaban J connectivity index is 2.05. The van der Waals surface area contributed by atoms with E-state index in [4.69, 9.17) is 5.26 Å². The third-order valence-corrected chi connectivity index (χ3v) is 4.32. The molecule has 1 unspecified atom stereocenters. The number of benzene rings is 2. The van der Waals surface area contributed by atoms with Crippen molar-refractivity contribution in [1.29, 1.82) is 5.26 Å². The fourth-order valence-electron chi connectivity index (χ4n) is 1.94. The number of thioether (sulfide) groups is 1. The Morgan fingerprint density at radius 1 is 1.20 bits per heavy atom. The molecule has 0 aromatic heterocycles. The molecule has 1 atom stereocenters. The van der Waals surface area contributed by atoms with Crippen LogP contribution in [0.4, 0.5) is 0 Å². The highest BCUT2D eigenvalue weighted by molar-refractivity contribution is 7.98. The Morgan fingerprint density at radius 3 is 2.75 bits per heavy atom. The second-order valence-corrected chi connectivity index (χ2v) is 5.73. The Bertz CT molecular complexity index is 616. The molecule has 0 aliphatic rings. The van der Waals surface area contributed by atoms with Gasteiger partial charge in [-0.3, -0.25) is 0 Å². The van der Waals surface area contributed by atoms with Crippen LogP contribution in [-0.4, -0.2) is 7.05 Å². The number of hydrogen-bond donors (Lipinski definition) is 1. The molecule has 2 nitrogen and oxygen atoms in total. The van der Waals surface area contributed by atoms with E-state index in [1.165, 1.54) is 16.0 Å². The lowest BCUT2D eigenvalue weighted by atomic mass is 10.1. The van der Waals surface area contributed by atoms with Crippen molar-refractivity contribution in [2.24, 2.45) is 0 Å². The topological polar surface area (TPSA) is 35.8 Å². The van der Waals surface area contributed by atoms with E-state index in [9.17, 15) is 0 Å². The van der Waals surface area contributed by atoms with Crippen LogP contribution < -0.4 is 5.32 Å². The SMILES string of the molecule is CNC(C)c1cccc(SCc2cccc(C#N)c2)c1. The van der Waals surface area contributed by atoms with E-state index < -0.39 is 0 Å². The van der Waals surface area contributed by atoms with Crippen molar-refractivity contribution in [3.05, 3.63) is 65.2 Å². The first kappa shape index (κ1) is 14.6. The molecule has 0 amide bonds. The van der Waals surface area contributed by atoms with Crippen LogP contribution in [0.2, 0.25) is 0 Å². The van der Waals surface area contributed by atoms with E-state index in [2.05, 4.69) is 48.6 Å². The third kappa shape index (κ3) is 3.86. The molecule has 3 heteroatoms. The zero-order valence-electron chi connectivity index (χ0n) is 11.8. The highest BCUT2D eigenvalue weighted by atomic mass is 32.2.